The van der Waals surface area contributed by atoms with Crippen LogP contribution >= 0.6 is 0 Å². The molecule has 0 radical (unpaired) electrons. The van der Waals surface area contributed by atoms with Crippen LogP contribution in [0.25, 0.3) is 0 Å². The van der Waals surface area contributed by atoms with Crippen LogP contribution in [0.3, 0.4) is 0 Å². The highest BCUT2D eigenvalue weighted by atomic mass is 19.1. The molecule has 0 unspecified atom stereocenters. The van der Waals surface area contributed by atoms with E-state index in [1.165, 1.54) is 19.3 Å². The standard InChI is InChI=1S/C18H17FN2/c19-17-14(9-20)4-16(5-15(17)10-21)18-6-11-1-12(7-18)3-13(2-11)8-18/h4-5,11-13H,1-3,6-8H2. The minimum atomic E-state index is -0.659. The van der Waals surface area contributed by atoms with Crippen molar-refractivity contribution in [3.05, 3.63) is 34.6 Å². The Morgan fingerprint density at radius 3 is 1.71 bits per heavy atom. The van der Waals surface area contributed by atoms with Gasteiger partial charge in [-0.3, -0.25) is 0 Å². The molecule has 1 aromatic rings. The molecule has 2 nitrogen and oxygen atoms in total. The Balaban J connectivity index is 1.84. The lowest BCUT2D eigenvalue weighted by Gasteiger charge is -2.57. The Hall–Kier alpha value is -1.87. The van der Waals surface area contributed by atoms with Crippen LogP contribution in [0.4, 0.5) is 4.39 Å². The van der Waals surface area contributed by atoms with Gasteiger partial charge in [0.1, 0.15) is 12.1 Å². The highest BCUT2D eigenvalue weighted by Gasteiger charge is 2.51. The summed E-state index contributed by atoms with van der Waals surface area (Å²) in [6.07, 6.45) is 7.49. The number of nitriles is 2. The highest BCUT2D eigenvalue weighted by molar-refractivity contribution is 5.47. The smallest absolute Gasteiger partial charge is 0.158 e. The number of benzene rings is 1. The molecule has 4 aliphatic rings. The Morgan fingerprint density at radius 2 is 1.33 bits per heavy atom. The molecule has 0 amide bonds. The van der Waals surface area contributed by atoms with Gasteiger partial charge in [-0.2, -0.15) is 10.5 Å². The summed E-state index contributed by atoms with van der Waals surface area (Å²) in [7, 11) is 0. The molecule has 0 atom stereocenters. The zero-order valence-electron chi connectivity index (χ0n) is 11.9. The lowest BCUT2D eigenvalue weighted by Crippen LogP contribution is -2.48. The maximum atomic E-state index is 14.0. The van der Waals surface area contributed by atoms with Crippen molar-refractivity contribution >= 4 is 0 Å². The molecular formula is C18H17FN2. The Kier molecular flexibility index (Phi) is 2.64. The van der Waals surface area contributed by atoms with Crippen LogP contribution < -0.4 is 0 Å². The number of nitrogens with zero attached hydrogens (tertiary/aromatic N) is 2. The van der Waals surface area contributed by atoms with Crippen LogP contribution in [0.1, 0.15) is 55.2 Å². The summed E-state index contributed by atoms with van der Waals surface area (Å²) in [6.45, 7) is 0. The van der Waals surface area contributed by atoms with Crippen LogP contribution in [0.5, 0.6) is 0 Å². The Labute approximate surface area is 124 Å². The van der Waals surface area contributed by atoms with E-state index in [0.29, 0.717) is 0 Å². The molecule has 4 fully saturated rings. The monoisotopic (exact) mass is 280 g/mol. The normalized spacial score (nSPS) is 36.2. The Bertz CT molecular complexity index is 622. The van der Waals surface area contributed by atoms with Crippen molar-refractivity contribution in [2.75, 3.05) is 0 Å². The van der Waals surface area contributed by atoms with Gasteiger partial charge in [0.25, 0.3) is 0 Å². The van der Waals surface area contributed by atoms with E-state index in [2.05, 4.69) is 0 Å². The molecule has 1 aromatic carbocycles. The number of hydrogen-bond acceptors (Lipinski definition) is 2. The van der Waals surface area contributed by atoms with Crippen molar-refractivity contribution in [3.63, 3.8) is 0 Å². The molecule has 106 valence electrons. The van der Waals surface area contributed by atoms with Crippen molar-refractivity contribution in [2.24, 2.45) is 17.8 Å². The summed E-state index contributed by atoms with van der Waals surface area (Å²) in [5, 5.41) is 18.3. The summed E-state index contributed by atoms with van der Waals surface area (Å²) in [6, 6.07) is 7.26. The van der Waals surface area contributed by atoms with Crippen LogP contribution in [0.2, 0.25) is 0 Å². The largest absolute Gasteiger partial charge is 0.204 e. The highest BCUT2D eigenvalue weighted by Crippen LogP contribution is 2.60. The third-order valence-corrected chi connectivity index (χ3v) is 5.96. The van der Waals surface area contributed by atoms with Crippen molar-refractivity contribution in [3.8, 4) is 12.1 Å². The fraction of sp³-hybridized carbons (Fsp3) is 0.556. The summed E-state index contributed by atoms with van der Waals surface area (Å²) in [5.41, 5.74) is 1.19. The maximum absolute atomic E-state index is 14.0. The van der Waals surface area contributed by atoms with Gasteiger partial charge in [0.2, 0.25) is 0 Å². The van der Waals surface area contributed by atoms with E-state index in [9.17, 15) is 4.39 Å². The van der Waals surface area contributed by atoms with Crippen LogP contribution in [0, 0.1) is 46.2 Å². The zero-order valence-corrected chi connectivity index (χ0v) is 11.9. The topological polar surface area (TPSA) is 47.6 Å². The molecule has 0 aliphatic heterocycles. The number of hydrogen-bond donors (Lipinski definition) is 0. The molecule has 21 heavy (non-hydrogen) atoms. The van der Waals surface area contributed by atoms with E-state index in [4.69, 9.17) is 10.5 Å². The van der Waals surface area contributed by atoms with E-state index in [1.807, 2.05) is 12.1 Å². The second-order valence-corrected chi connectivity index (χ2v) is 7.31. The fourth-order valence-electron chi connectivity index (χ4n) is 5.56. The van der Waals surface area contributed by atoms with Gasteiger partial charge in [-0.05, 0) is 79.4 Å². The third kappa shape index (κ3) is 1.80. The molecule has 4 saturated carbocycles. The van der Waals surface area contributed by atoms with Gasteiger partial charge in [-0.25, -0.2) is 4.39 Å². The lowest BCUT2D eigenvalue weighted by molar-refractivity contribution is -0.00523. The van der Waals surface area contributed by atoms with Crippen molar-refractivity contribution in [1.82, 2.24) is 0 Å². The van der Waals surface area contributed by atoms with E-state index in [0.717, 1.165) is 42.6 Å². The fourth-order valence-corrected chi connectivity index (χ4v) is 5.56. The first-order chi connectivity index (χ1) is 10.1. The van der Waals surface area contributed by atoms with Gasteiger partial charge in [-0.15, -0.1) is 0 Å². The molecule has 0 saturated heterocycles. The summed E-state index contributed by atoms with van der Waals surface area (Å²) < 4.78 is 14.0. The first-order valence-corrected chi connectivity index (χ1v) is 7.78. The van der Waals surface area contributed by atoms with E-state index in [-0.39, 0.29) is 16.5 Å². The first-order valence-electron chi connectivity index (χ1n) is 7.78. The number of halogens is 1. The molecular weight excluding hydrogens is 263 g/mol. The predicted molar refractivity (Wildman–Crippen MR) is 75.7 cm³/mol. The lowest BCUT2D eigenvalue weighted by atomic mass is 9.48. The molecule has 0 N–H and O–H groups in total. The second-order valence-electron chi connectivity index (χ2n) is 7.31. The summed E-state index contributed by atoms with van der Waals surface area (Å²) in [5.74, 6) is 1.71. The number of rotatable bonds is 1. The molecule has 5 rings (SSSR count). The Morgan fingerprint density at radius 1 is 0.905 bits per heavy atom. The zero-order chi connectivity index (χ0) is 14.6. The molecule has 0 spiro atoms. The van der Waals surface area contributed by atoms with Crippen molar-refractivity contribution in [2.45, 2.75) is 43.9 Å². The van der Waals surface area contributed by atoms with Gasteiger partial charge in [0.15, 0.2) is 5.82 Å². The van der Waals surface area contributed by atoms with Gasteiger partial charge < -0.3 is 0 Å². The van der Waals surface area contributed by atoms with Gasteiger partial charge in [0, 0.05) is 0 Å². The SMILES string of the molecule is N#Cc1cc(C23CC4CC(CC(C4)C2)C3)cc(C#N)c1F. The van der Waals surface area contributed by atoms with Crippen molar-refractivity contribution < 1.29 is 4.39 Å². The molecule has 4 aliphatic carbocycles. The van der Waals surface area contributed by atoms with Crippen LogP contribution in [0.15, 0.2) is 12.1 Å². The average Bonchev–Trinajstić information content (AvgIpc) is 2.46. The third-order valence-electron chi connectivity index (χ3n) is 5.96. The van der Waals surface area contributed by atoms with Gasteiger partial charge in [0.05, 0.1) is 11.1 Å². The van der Waals surface area contributed by atoms with E-state index in [1.54, 1.807) is 12.1 Å². The van der Waals surface area contributed by atoms with Crippen LogP contribution in [-0.2, 0) is 5.41 Å². The second kappa shape index (κ2) is 4.31. The molecule has 4 bridgehead atoms. The first kappa shape index (κ1) is 12.8. The quantitative estimate of drug-likeness (QED) is 0.779. The minimum absolute atomic E-state index is 0.0276. The van der Waals surface area contributed by atoms with E-state index >= 15 is 0 Å². The summed E-state index contributed by atoms with van der Waals surface area (Å²) in [4.78, 5) is 0. The van der Waals surface area contributed by atoms with Gasteiger partial charge >= 0.3 is 0 Å². The average molecular weight is 280 g/mol. The summed E-state index contributed by atoms with van der Waals surface area (Å²) >= 11 is 0. The van der Waals surface area contributed by atoms with E-state index < -0.39 is 5.82 Å². The maximum Gasteiger partial charge on any atom is 0.158 e. The predicted octanol–water partition coefficient (Wildman–Crippen LogP) is 4.04. The molecule has 0 aromatic heterocycles. The molecule has 3 heteroatoms. The van der Waals surface area contributed by atoms with Gasteiger partial charge in [-0.1, -0.05) is 0 Å². The molecule has 0 heterocycles. The minimum Gasteiger partial charge on any atom is -0.204 e. The van der Waals surface area contributed by atoms with Crippen molar-refractivity contribution in [1.29, 1.82) is 10.5 Å². The van der Waals surface area contributed by atoms with Crippen LogP contribution in [-0.4, -0.2) is 0 Å².